The van der Waals surface area contributed by atoms with Gasteiger partial charge in [0.15, 0.2) is 11.0 Å². The second-order valence-corrected chi connectivity index (χ2v) is 7.93. The Kier molecular flexibility index (Phi) is 5.85. The third-order valence-electron chi connectivity index (χ3n) is 3.04. The fourth-order valence-corrected chi connectivity index (χ4v) is 3.91. The van der Waals surface area contributed by atoms with E-state index in [1.165, 1.54) is 36.0 Å². The molecular weight excluding hydrogens is 356 g/mol. The third-order valence-corrected chi connectivity index (χ3v) is 5.87. The van der Waals surface area contributed by atoms with E-state index in [9.17, 15) is 8.42 Å². The first-order valence-electron chi connectivity index (χ1n) is 6.76. The monoisotopic (exact) mass is 372 g/mol. The number of hydrogen-bond donors (Lipinski definition) is 1. The Morgan fingerprint density at radius 2 is 2.04 bits per heavy atom. The molecule has 6 nitrogen and oxygen atoms in total. The molecule has 0 spiro atoms. The van der Waals surface area contributed by atoms with Gasteiger partial charge < -0.3 is 4.57 Å². The van der Waals surface area contributed by atoms with Gasteiger partial charge in [0.25, 0.3) is 0 Å². The maximum absolute atomic E-state index is 12.4. The first-order chi connectivity index (χ1) is 10.8. The molecule has 1 atom stereocenters. The number of sulfonamides is 1. The molecule has 1 aromatic carbocycles. The zero-order valence-electron chi connectivity index (χ0n) is 12.7. The fraction of sp³-hybridized carbons (Fsp3) is 0.286. The molecule has 0 aliphatic rings. The predicted molar refractivity (Wildman–Crippen MR) is 92.1 cm³/mol. The van der Waals surface area contributed by atoms with E-state index >= 15 is 0 Å². The number of nitrogens with one attached hydrogen (secondary N) is 1. The Morgan fingerprint density at radius 3 is 2.65 bits per heavy atom. The topological polar surface area (TPSA) is 76.9 Å². The second kappa shape index (κ2) is 7.48. The lowest BCUT2D eigenvalue weighted by atomic mass is 10.3. The van der Waals surface area contributed by atoms with Gasteiger partial charge in [-0.05, 0) is 31.2 Å². The lowest BCUT2D eigenvalue weighted by Crippen LogP contribution is -2.28. The second-order valence-electron chi connectivity index (χ2n) is 4.80. The van der Waals surface area contributed by atoms with Gasteiger partial charge in [0, 0.05) is 17.8 Å². The molecule has 23 heavy (non-hydrogen) atoms. The van der Waals surface area contributed by atoms with Crippen LogP contribution >= 0.6 is 23.4 Å². The van der Waals surface area contributed by atoms with Crippen molar-refractivity contribution in [2.45, 2.75) is 23.0 Å². The number of aromatic nitrogens is 3. The molecule has 9 heteroatoms. The van der Waals surface area contributed by atoms with Crippen LogP contribution in [0, 0.1) is 0 Å². The van der Waals surface area contributed by atoms with Gasteiger partial charge in [-0.25, -0.2) is 13.1 Å². The Balaban J connectivity index is 2.18. The summed E-state index contributed by atoms with van der Waals surface area (Å²) in [6.45, 7) is 5.38. The van der Waals surface area contributed by atoms with Crippen LogP contribution in [0.3, 0.4) is 0 Å². The highest BCUT2D eigenvalue weighted by molar-refractivity contribution is 7.99. The van der Waals surface area contributed by atoms with Crippen LogP contribution in [0.1, 0.15) is 18.8 Å². The van der Waals surface area contributed by atoms with Gasteiger partial charge in [-0.3, -0.25) is 0 Å². The van der Waals surface area contributed by atoms with E-state index in [4.69, 9.17) is 11.6 Å². The summed E-state index contributed by atoms with van der Waals surface area (Å²) in [6, 6.07) is 5.46. The van der Waals surface area contributed by atoms with E-state index in [1.807, 2.05) is 0 Å². The summed E-state index contributed by atoms with van der Waals surface area (Å²) in [7, 11) is -1.86. The summed E-state index contributed by atoms with van der Waals surface area (Å²) in [6.07, 6.45) is 1.77. The van der Waals surface area contributed by atoms with Crippen molar-refractivity contribution >= 4 is 33.4 Å². The van der Waals surface area contributed by atoms with Crippen LogP contribution in [-0.2, 0) is 17.1 Å². The van der Waals surface area contributed by atoms with Crippen LogP contribution in [0.5, 0.6) is 0 Å². The Hall–Kier alpha value is -1.35. The minimum Gasteiger partial charge on any atom is -0.308 e. The molecule has 0 fully saturated rings. The SMILES string of the molecule is C=CCSc1nnc([C@@H](C)NS(=O)(=O)c2ccc(Cl)cc2)n1C. The van der Waals surface area contributed by atoms with Crippen molar-refractivity contribution in [2.24, 2.45) is 7.05 Å². The molecule has 0 unspecified atom stereocenters. The molecule has 2 rings (SSSR count). The minimum absolute atomic E-state index is 0.150. The number of thioether (sulfide) groups is 1. The van der Waals surface area contributed by atoms with Crippen LogP contribution in [0.25, 0.3) is 0 Å². The summed E-state index contributed by atoms with van der Waals surface area (Å²) in [5, 5.41) is 9.32. The normalized spacial score (nSPS) is 13.0. The number of halogens is 1. The highest BCUT2D eigenvalue weighted by Gasteiger charge is 2.22. The minimum atomic E-state index is -3.66. The summed E-state index contributed by atoms with van der Waals surface area (Å²) < 4.78 is 29.1. The van der Waals surface area contributed by atoms with Gasteiger partial charge >= 0.3 is 0 Å². The average molecular weight is 373 g/mol. The van der Waals surface area contributed by atoms with Crippen molar-refractivity contribution in [3.05, 3.63) is 47.8 Å². The largest absolute Gasteiger partial charge is 0.308 e. The van der Waals surface area contributed by atoms with Crippen molar-refractivity contribution in [3.8, 4) is 0 Å². The van der Waals surface area contributed by atoms with E-state index in [2.05, 4.69) is 21.5 Å². The Bertz CT molecular complexity index is 788. The average Bonchev–Trinajstić information content (AvgIpc) is 2.86. The van der Waals surface area contributed by atoms with Gasteiger partial charge in [-0.15, -0.1) is 16.8 Å². The van der Waals surface area contributed by atoms with Crippen LogP contribution in [0.15, 0.2) is 47.0 Å². The van der Waals surface area contributed by atoms with Crippen LogP contribution < -0.4 is 4.72 Å². The molecule has 0 bridgehead atoms. The fourth-order valence-electron chi connectivity index (χ4n) is 1.93. The number of nitrogens with zero attached hydrogens (tertiary/aromatic N) is 3. The lowest BCUT2D eigenvalue weighted by molar-refractivity contribution is 0.551. The number of rotatable bonds is 7. The van der Waals surface area contributed by atoms with Crippen molar-refractivity contribution in [1.29, 1.82) is 0 Å². The maximum Gasteiger partial charge on any atom is 0.241 e. The first kappa shape index (κ1) is 18.0. The van der Waals surface area contributed by atoms with E-state index < -0.39 is 16.1 Å². The Morgan fingerprint density at radius 1 is 1.39 bits per heavy atom. The van der Waals surface area contributed by atoms with Gasteiger partial charge in [0.1, 0.15) is 0 Å². The maximum atomic E-state index is 12.4. The lowest BCUT2D eigenvalue weighted by Gasteiger charge is -2.14. The van der Waals surface area contributed by atoms with Crippen molar-refractivity contribution < 1.29 is 8.42 Å². The standard InChI is InChI=1S/C14H17ClN4O2S2/c1-4-9-22-14-17-16-13(19(14)3)10(2)18-23(20,21)12-7-5-11(15)6-8-12/h4-8,10,18H,1,9H2,2-3H3/t10-/m1/s1. The van der Waals surface area contributed by atoms with E-state index in [1.54, 1.807) is 24.6 Å². The molecule has 0 aliphatic heterocycles. The number of hydrogen-bond acceptors (Lipinski definition) is 5. The summed E-state index contributed by atoms with van der Waals surface area (Å²) in [5.74, 6) is 1.24. The van der Waals surface area contributed by atoms with Crippen molar-refractivity contribution in [2.75, 3.05) is 5.75 Å². The van der Waals surface area contributed by atoms with Crippen LogP contribution in [0.2, 0.25) is 5.02 Å². The summed E-state index contributed by atoms with van der Waals surface area (Å²) in [4.78, 5) is 0.150. The van der Waals surface area contributed by atoms with Crippen LogP contribution in [0.4, 0.5) is 0 Å². The molecule has 1 heterocycles. The summed E-state index contributed by atoms with van der Waals surface area (Å²) >= 11 is 7.26. The Labute approximate surface area is 145 Å². The predicted octanol–water partition coefficient (Wildman–Crippen LogP) is 2.79. The molecular formula is C14H17ClN4O2S2. The molecule has 124 valence electrons. The smallest absolute Gasteiger partial charge is 0.241 e. The van der Waals surface area contributed by atoms with Gasteiger partial charge in [0.2, 0.25) is 10.0 Å². The highest BCUT2D eigenvalue weighted by Crippen LogP contribution is 2.21. The molecule has 2 aromatic rings. The van der Waals surface area contributed by atoms with Crippen molar-refractivity contribution in [3.63, 3.8) is 0 Å². The highest BCUT2D eigenvalue weighted by atomic mass is 35.5. The van der Waals surface area contributed by atoms with E-state index in [0.29, 0.717) is 21.8 Å². The molecule has 0 radical (unpaired) electrons. The first-order valence-corrected chi connectivity index (χ1v) is 9.60. The molecule has 0 amide bonds. The zero-order valence-corrected chi connectivity index (χ0v) is 15.1. The van der Waals surface area contributed by atoms with Gasteiger partial charge in [-0.2, -0.15) is 0 Å². The van der Waals surface area contributed by atoms with E-state index in [0.717, 1.165) is 0 Å². The van der Waals surface area contributed by atoms with Gasteiger partial charge in [-0.1, -0.05) is 29.4 Å². The van der Waals surface area contributed by atoms with Gasteiger partial charge in [0.05, 0.1) is 10.9 Å². The zero-order chi connectivity index (χ0) is 17.0. The summed E-state index contributed by atoms with van der Waals surface area (Å²) in [5.41, 5.74) is 0. The molecule has 0 aliphatic carbocycles. The molecule has 1 N–H and O–H groups in total. The number of benzene rings is 1. The van der Waals surface area contributed by atoms with Crippen LogP contribution in [-0.4, -0.2) is 28.9 Å². The van der Waals surface area contributed by atoms with Crippen molar-refractivity contribution in [1.82, 2.24) is 19.5 Å². The third kappa shape index (κ3) is 4.35. The quantitative estimate of drug-likeness (QED) is 0.597. The molecule has 0 saturated carbocycles. The van der Waals surface area contributed by atoms with E-state index in [-0.39, 0.29) is 4.90 Å². The molecule has 1 aromatic heterocycles. The molecule has 0 saturated heterocycles.